The first-order valence-corrected chi connectivity index (χ1v) is 11.6. The van der Waals surface area contributed by atoms with Crippen molar-refractivity contribution in [2.24, 2.45) is 5.73 Å². The van der Waals surface area contributed by atoms with E-state index in [1.807, 2.05) is 6.92 Å². The summed E-state index contributed by atoms with van der Waals surface area (Å²) in [7, 11) is -3.44. The molecule has 1 saturated carbocycles. The Bertz CT molecular complexity index is 841. The molecule has 2 aromatic rings. The predicted octanol–water partition coefficient (Wildman–Crippen LogP) is 1.66. The van der Waals surface area contributed by atoms with Gasteiger partial charge in [0.2, 0.25) is 10.0 Å². The van der Waals surface area contributed by atoms with Gasteiger partial charge in [-0.15, -0.1) is 0 Å². The molecule has 1 aliphatic carbocycles. The molecule has 1 fully saturated rings. The second-order valence-corrected chi connectivity index (χ2v) is 9.77. The SMILES string of the molecule is Cc1ccc(C(C)C)cc1.Cc1ccc(S(=O)(=O)N[C@H]2CCCC[C@@H]2N)cc1.[Cl-].[Ru+]. The second-order valence-electron chi connectivity index (χ2n) is 8.05. The number of nitrogens with one attached hydrogen (secondary N) is 1. The Morgan fingerprint density at radius 2 is 1.37 bits per heavy atom. The van der Waals surface area contributed by atoms with Gasteiger partial charge in [0.15, 0.2) is 0 Å². The van der Waals surface area contributed by atoms with Crippen LogP contribution < -0.4 is 22.9 Å². The molecular weight excluding hydrogens is 505 g/mol. The number of hydrogen-bond donors (Lipinski definition) is 2. The second kappa shape index (κ2) is 13.6. The van der Waals surface area contributed by atoms with Crippen molar-refractivity contribution in [1.29, 1.82) is 0 Å². The third-order valence-electron chi connectivity index (χ3n) is 5.20. The molecule has 0 spiro atoms. The van der Waals surface area contributed by atoms with Crippen LogP contribution in [0.3, 0.4) is 0 Å². The Morgan fingerprint density at radius 3 is 1.83 bits per heavy atom. The van der Waals surface area contributed by atoms with E-state index in [2.05, 4.69) is 49.8 Å². The molecule has 1 aliphatic rings. The topological polar surface area (TPSA) is 72.2 Å². The van der Waals surface area contributed by atoms with Gasteiger partial charge in [-0.3, -0.25) is 0 Å². The molecule has 2 aromatic carbocycles. The molecule has 7 heteroatoms. The Kier molecular flexibility index (Phi) is 13.2. The number of benzene rings is 2. The molecule has 0 saturated heterocycles. The molecule has 1 radical (unpaired) electrons. The monoisotopic (exact) mass is 539 g/mol. The van der Waals surface area contributed by atoms with Crippen molar-refractivity contribution in [3.8, 4) is 0 Å². The van der Waals surface area contributed by atoms with Gasteiger partial charge in [0, 0.05) is 12.1 Å². The number of rotatable bonds is 4. The van der Waals surface area contributed by atoms with Crippen LogP contribution in [0.5, 0.6) is 0 Å². The van der Waals surface area contributed by atoms with Crippen LogP contribution in [-0.2, 0) is 29.5 Å². The van der Waals surface area contributed by atoms with Crippen molar-refractivity contribution in [2.75, 3.05) is 0 Å². The standard InChI is InChI=1S/C13H20N2O2S.C10H14.ClH.Ru/c1-10-6-8-11(9-7-10)18(16,17)15-13-5-3-2-4-12(13)14;1-8(2)10-6-4-9(3)5-7-10;;/h6-9,12-13,15H,2-5,14H2,1H3;4-8H,1-3H3;1H;/q;;;+1/p-1/t12-,13-;;;/m0.../s1. The van der Waals surface area contributed by atoms with Crippen molar-refractivity contribution in [2.45, 2.75) is 76.3 Å². The summed E-state index contributed by atoms with van der Waals surface area (Å²) in [5, 5.41) is 0. The maximum atomic E-state index is 12.2. The van der Waals surface area contributed by atoms with Crippen LogP contribution in [0.2, 0.25) is 0 Å². The van der Waals surface area contributed by atoms with Crippen LogP contribution in [0.4, 0.5) is 0 Å². The van der Waals surface area contributed by atoms with Gasteiger partial charge in [-0.1, -0.05) is 74.2 Å². The summed E-state index contributed by atoms with van der Waals surface area (Å²) >= 11 is 0. The predicted molar refractivity (Wildman–Crippen MR) is 117 cm³/mol. The van der Waals surface area contributed by atoms with E-state index in [0.29, 0.717) is 10.8 Å². The van der Waals surface area contributed by atoms with E-state index < -0.39 is 10.0 Å². The Morgan fingerprint density at radius 1 is 0.900 bits per heavy atom. The molecule has 0 heterocycles. The number of nitrogens with two attached hydrogens (primary N) is 1. The van der Waals surface area contributed by atoms with E-state index in [0.717, 1.165) is 31.2 Å². The fourth-order valence-electron chi connectivity index (χ4n) is 3.24. The largest absolute Gasteiger partial charge is 1.00 e. The minimum Gasteiger partial charge on any atom is -1.00 e. The molecule has 169 valence electrons. The van der Waals surface area contributed by atoms with Crippen LogP contribution in [-0.4, -0.2) is 20.5 Å². The van der Waals surface area contributed by atoms with Crippen molar-refractivity contribution in [3.63, 3.8) is 0 Å². The van der Waals surface area contributed by atoms with E-state index >= 15 is 0 Å². The minimum atomic E-state index is -3.44. The third-order valence-corrected chi connectivity index (χ3v) is 6.71. The van der Waals surface area contributed by atoms with Crippen molar-refractivity contribution in [1.82, 2.24) is 4.72 Å². The molecular formula is C23H34ClN2O2RuS. The van der Waals surface area contributed by atoms with E-state index in [9.17, 15) is 8.42 Å². The van der Waals surface area contributed by atoms with E-state index in [4.69, 9.17) is 5.73 Å². The number of sulfonamides is 1. The zero-order chi connectivity index (χ0) is 20.7. The number of halogens is 1. The number of aryl methyl sites for hydroxylation is 2. The molecule has 0 unspecified atom stereocenters. The van der Waals surface area contributed by atoms with Gasteiger partial charge in [0.05, 0.1) is 4.90 Å². The molecule has 0 aromatic heterocycles. The zero-order valence-corrected chi connectivity index (χ0v) is 21.5. The maximum absolute atomic E-state index is 12.2. The van der Waals surface area contributed by atoms with Crippen LogP contribution in [0, 0.1) is 13.8 Å². The summed E-state index contributed by atoms with van der Waals surface area (Å²) in [6.07, 6.45) is 3.84. The first kappa shape index (κ1) is 29.2. The molecule has 30 heavy (non-hydrogen) atoms. The minimum absolute atomic E-state index is 0. The van der Waals surface area contributed by atoms with E-state index in [1.165, 1.54) is 11.1 Å². The Labute approximate surface area is 201 Å². The molecule has 0 aliphatic heterocycles. The Hall–Kier alpha value is -0.777. The van der Waals surface area contributed by atoms with Crippen LogP contribution in [0.25, 0.3) is 0 Å². The van der Waals surface area contributed by atoms with Gasteiger partial charge in [0.25, 0.3) is 0 Å². The maximum Gasteiger partial charge on any atom is 1.00 e. The van der Waals surface area contributed by atoms with Gasteiger partial charge >= 0.3 is 19.5 Å². The third kappa shape index (κ3) is 9.15. The average Bonchev–Trinajstić information content (AvgIpc) is 2.65. The average molecular weight is 539 g/mol. The summed E-state index contributed by atoms with van der Waals surface area (Å²) in [6.45, 7) is 8.47. The van der Waals surface area contributed by atoms with E-state index in [1.54, 1.807) is 24.3 Å². The smallest absolute Gasteiger partial charge is 1.00 e. The summed E-state index contributed by atoms with van der Waals surface area (Å²) in [5.74, 6) is 0.653. The van der Waals surface area contributed by atoms with Gasteiger partial charge in [-0.05, 0) is 50.3 Å². The first-order chi connectivity index (χ1) is 13.2. The molecule has 4 nitrogen and oxygen atoms in total. The fourth-order valence-corrected chi connectivity index (χ4v) is 4.56. The zero-order valence-electron chi connectivity index (χ0n) is 18.2. The Balaban J connectivity index is 0.000000604. The van der Waals surface area contributed by atoms with Crippen LogP contribution in [0.15, 0.2) is 53.4 Å². The molecule has 2 atom stereocenters. The number of hydrogen-bond acceptors (Lipinski definition) is 3. The van der Waals surface area contributed by atoms with E-state index in [-0.39, 0.29) is 44.0 Å². The molecule has 3 rings (SSSR count). The van der Waals surface area contributed by atoms with Gasteiger partial charge < -0.3 is 18.1 Å². The molecule has 0 amide bonds. The normalized spacial score (nSPS) is 18.5. The summed E-state index contributed by atoms with van der Waals surface area (Å²) in [4.78, 5) is 0.311. The summed E-state index contributed by atoms with van der Waals surface area (Å²) < 4.78 is 27.1. The quantitative estimate of drug-likeness (QED) is 0.582. The molecule has 0 bridgehead atoms. The van der Waals surface area contributed by atoms with Gasteiger partial charge in [-0.25, -0.2) is 13.1 Å². The fraction of sp³-hybridized carbons (Fsp3) is 0.478. The van der Waals surface area contributed by atoms with Crippen molar-refractivity contribution < 1.29 is 40.3 Å². The molecule has 3 N–H and O–H groups in total. The first-order valence-electron chi connectivity index (χ1n) is 10.1. The van der Waals surface area contributed by atoms with Crippen LogP contribution >= 0.6 is 0 Å². The van der Waals surface area contributed by atoms with Crippen molar-refractivity contribution in [3.05, 3.63) is 65.2 Å². The summed E-state index contributed by atoms with van der Waals surface area (Å²) in [6, 6.07) is 15.4. The van der Waals surface area contributed by atoms with Gasteiger partial charge in [-0.2, -0.15) is 0 Å². The summed E-state index contributed by atoms with van der Waals surface area (Å²) in [5.41, 5.74) is 9.77. The van der Waals surface area contributed by atoms with Gasteiger partial charge in [0.1, 0.15) is 0 Å². The van der Waals surface area contributed by atoms with Crippen LogP contribution in [0.1, 0.15) is 62.1 Å². The van der Waals surface area contributed by atoms with Crippen molar-refractivity contribution >= 4 is 10.0 Å².